The van der Waals surface area contributed by atoms with Crippen molar-refractivity contribution in [3.05, 3.63) is 16.3 Å². The van der Waals surface area contributed by atoms with Crippen molar-refractivity contribution in [2.24, 2.45) is 0 Å². The SMILES string of the molecule is CSc1ccsc1C(=O)NCCN1CCNCC1.Cl. The first-order chi connectivity index (χ1) is 8.81. The van der Waals surface area contributed by atoms with Crippen LogP contribution < -0.4 is 10.6 Å². The fourth-order valence-corrected chi connectivity index (χ4v) is 3.63. The maximum atomic E-state index is 12.0. The second kappa shape index (κ2) is 8.81. The molecule has 1 amide bonds. The fraction of sp³-hybridized carbons (Fsp3) is 0.583. The topological polar surface area (TPSA) is 44.4 Å². The highest BCUT2D eigenvalue weighted by atomic mass is 35.5. The Morgan fingerprint density at radius 1 is 1.53 bits per heavy atom. The quantitative estimate of drug-likeness (QED) is 0.807. The molecule has 7 heteroatoms. The van der Waals surface area contributed by atoms with Crippen LogP contribution in [0.5, 0.6) is 0 Å². The monoisotopic (exact) mass is 321 g/mol. The summed E-state index contributed by atoms with van der Waals surface area (Å²) in [5.74, 6) is 0.0597. The van der Waals surface area contributed by atoms with E-state index in [1.807, 2.05) is 17.7 Å². The summed E-state index contributed by atoms with van der Waals surface area (Å²) in [7, 11) is 0. The number of carbonyl (C=O) groups is 1. The molecule has 1 aromatic heterocycles. The number of piperazine rings is 1. The maximum absolute atomic E-state index is 12.0. The Labute approximate surface area is 128 Å². The molecule has 1 fully saturated rings. The van der Waals surface area contributed by atoms with Gasteiger partial charge in [0.05, 0.1) is 0 Å². The molecule has 0 spiro atoms. The summed E-state index contributed by atoms with van der Waals surface area (Å²) < 4.78 is 0. The van der Waals surface area contributed by atoms with Crippen LogP contribution >= 0.6 is 35.5 Å². The third kappa shape index (κ3) is 4.96. The molecule has 1 aliphatic heterocycles. The smallest absolute Gasteiger partial charge is 0.262 e. The van der Waals surface area contributed by atoms with Crippen molar-refractivity contribution >= 4 is 41.4 Å². The Morgan fingerprint density at radius 2 is 2.26 bits per heavy atom. The number of nitrogens with zero attached hydrogens (tertiary/aromatic N) is 1. The fourth-order valence-electron chi connectivity index (χ4n) is 1.97. The molecule has 4 nitrogen and oxygen atoms in total. The second-order valence-corrected chi connectivity index (χ2v) is 5.93. The minimum atomic E-state index is 0. The number of thioether (sulfide) groups is 1. The van der Waals surface area contributed by atoms with Crippen LogP contribution in [0.4, 0.5) is 0 Å². The molecule has 0 unspecified atom stereocenters. The number of carbonyl (C=O) groups excluding carboxylic acids is 1. The molecule has 0 radical (unpaired) electrons. The molecule has 0 bridgehead atoms. The van der Waals surface area contributed by atoms with Crippen molar-refractivity contribution < 1.29 is 4.79 Å². The van der Waals surface area contributed by atoms with E-state index in [9.17, 15) is 4.79 Å². The predicted octanol–water partition coefficient (Wildman–Crippen LogP) is 1.53. The maximum Gasteiger partial charge on any atom is 0.262 e. The van der Waals surface area contributed by atoms with Crippen LogP contribution in [0.2, 0.25) is 0 Å². The van der Waals surface area contributed by atoms with Crippen LogP contribution in [-0.2, 0) is 0 Å². The van der Waals surface area contributed by atoms with Gasteiger partial charge < -0.3 is 10.6 Å². The largest absolute Gasteiger partial charge is 0.350 e. The lowest BCUT2D eigenvalue weighted by Crippen LogP contribution is -2.46. The van der Waals surface area contributed by atoms with Gasteiger partial charge in [-0.2, -0.15) is 0 Å². The molecule has 2 heterocycles. The number of amides is 1. The van der Waals surface area contributed by atoms with E-state index in [1.165, 1.54) is 11.3 Å². The van der Waals surface area contributed by atoms with E-state index < -0.39 is 0 Å². The van der Waals surface area contributed by atoms with E-state index in [1.54, 1.807) is 11.8 Å². The van der Waals surface area contributed by atoms with Crippen LogP contribution in [0, 0.1) is 0 Å². The van der Waals surface area contributed by atoms with Gasteiger partial charge in [-0.25, -0.2) is 0 Å². The van der Waals surface area contributed by atoms with Crippen molar-refractivity contribution in [2.45, 2.75) is 4.90 Å². The van der Waals surface area contributed by atoms with Gasteiger partial charge in [0.15, 0.2) is 0 Å². The first kappa shape index (κ1) is 16.8. The standard InChI is InChI=1S/C12H19N3OS2.ClH/c1-17-10-2-9-18-11(10)12(16)14-5-8-15-6-3-13-4-7-15;/h2,9,13H,3-8H2,1H3,(H,14,16);1H. The summed E-state index contributed by atoms with van der Waals surface area (Å²) in [5, 5.41) is 8.29. The summed E-state index contributed by atoms with van der Waals surface area (Å²) >= 11 is 3.13. The zero-order valence-corrected chi connectivity index (χ0v) is 13.4. The third-order valence-corrected chi connectivity index (χ3v) is 4.80. The Morgan fingerprint density at radius 3 is 2.95 bits per heavy atom. The highest BCUT2D eigenvalue weighted by Gasteiger charge is 2.13. The van der Waals surface area contributed by atoms with E-state index >= 15 is 0 Å². The summed E-state index contributed by atoms with van der Waals surface area (Å²) in [6.45, 7) is 5.92. The van der Waals surface area contributed by atoms with Crippen molar-refractivity contribution in [1.82, 2.24) is 15.5 Å². The van der Waals surface area contributed by atoms with E-state index in [4.69, 9.17) is 0 Å². The van der Waals surface area contributed by atoms with Crippen LogP contribution in [-0.4, -0.2) is 56.3 Å². The van der Waals surface area contributed by atoms with Crippen molar-refractivity contribution in [3.8, 4) is 0 Å². The lowest BCUT2D eigenvalue weighted by atomic mass is 10.3. The molecular weight excluding hydrogens is 302 g/mol. The second-order valence-electron chi connectivity index (χ2n) is 4.17. The first-order valence-electron chi connectivity index (χ1n) is 6.14. The number of nitrogens with one attached hydrogen (secondary N) is 2. The summed E-state index contributed by atoms with van der Waals surface area (Å²) in [5.41, 5.74) is 0. The number of hydrogen-bond acceptors (Lipinski definition) is 5. The van der Waals surface area contributed by atoms with Gasteiger partial charge in [-0.3, -0.25) is 9.69 Å². The zero-order chi connectivity index (χ0) is 12.8. The summed E-state index contributed by atoms with van der Waals surface area (Å²) in [6, 6.07) is 2.00. The lowest BCUT2D eigenvalue weighted by molar-refractivity contribution is 0.0948. The summed E-state index contributed by atoms with van der Waals surface area (Å²) in [6.07, 6.45) is 2.00. The molecule has 1 aromatic rings. The number of thiophene rings is 1. The molecule has 0 saturated carbocycles. The van der Waals surface area contributed by atoms with Gasteiger partial charge in [-0.1, -0.05) is 0 Å². The van der Waals surface area contributed by atoms with E-state index in [-0.39, 0.29) is 18.3 Å². The molecule has 108 valence electrons. The Bertz CT molecular complexity index is 394. The minimum Gasteiger partial charge on any atom is -0.350 e. The normalized spacial score (nSPS) is 15.8. The minimum absolute atomic E-state index is 0. The van der Waals surface area contributed by atoms with Gasteiger partial charge in [0, 0.05) is 44.2 Å². The van der Waals surface area contributed by atoms with E-state index in [0.717, 1.165) is 49.0 Å². The summed E-state index contributed by atoms with van der Waals surface area (Å²) in [4.78, 5) is 16.3. The number of rotatable bonds is 5. The van der Waals surface area contributed by atoms with Crippen molar-refractivity contribution in [2.75, 3.05) is 45.5 Å². The molecule has 0 aliphatic carbocycles. The van der Waals surface area contributed by atoms with Crippen LogP contribution in [0.1, 0.15) is 9.67 Å². The van der Waals surface area contributed by atoms with Crippen LogP contribution in [0.15, 0.2) is 16.3 Å². The Kier molecular flexibility index (Phi) is 7.78. The van der Waals surface area contributed by atoms with Gasteiger partial charge in [-0.05, 0) is 17.7 Å². The van der Waals surface area contributed by atoms with E-state index in [0.29, 0.717) is 0 Å². The van der Waals surface area contributed by atoms with E-state index in [2.05, 4.69) is 15.5 Å². The van der Waals surface area contributed by atoms with Gasteiger partial charge in [-0.15, -0.1) is 35.5 Å². The number of hydrogen-bond donors (Lipinski definition) is 2. The molecule has 1 aliphatic rings. The highest BCUT2D eigenvalue weighted by Crippen LogP contribution is 2.25. The highest BCUT2D eigenvalue weighted by molar-refractivity contribution is 7.98. The molecule has 1 saturated heterocycles. The van der Waals surface area contributed by atoms with Gasteiger partial charge >= 0.3 is 0 Å². The zero-order valence-electron chi connectivity index (χ0n) is 11.0. The van der Waals surface area contributed by atoms with Crippen molar-refractivity contribution in [3.63, 3.8) is 0 Å². The molecule has 2 N–H and O–H groups in total. The van der Waals surface area contributed by atoms with Crippen LogP contribution in [0.3, 0.4) is 0 Å². The average molecular weight is 322 g/mol. The lowest BCUT2D eigenvalue weighted by Gasteiger charge is -2.27. The molecule has 2 rings (SSSR count). The number of halogens is 1. The average Bonchev–Trinajstić information content (AvgIpc) is 2.88. The Hall–Kier alpha value is -0.270. The van der Waals surface area contributed by atoms with Crippen LogP contribution in [0.25, 0.3) is 0 Å². The van der Waals surface area contributed by atoms with Crippen molar-refractivity contribution in [1.29, 1.82) is 0 Å². The first-order valence-corrected chi connectivity index (χ1v) is 8.24. The van der Waals surface area contributed by atoms with Gasteiger partial charge in [0.2, 0.25) is 0 Å². The Balaban J connectivity index is 0.00000180. The molecule has 0 aromatic carbocycles. The van der Waals surface area contributed by atoms with Gasteiger partial charge in [0.25, 0.3) is 5.91 Å². The molecular formula is C12H20ClN3OS2. The molecule has 0 atom stereocenters. The molecule has 19 heavy (non-hydrogen) atoms. The predicted molar refractivity (Wildman–Crippen MR) is 85.0 cm³/mol. The van der Waals surface area contributed by atoms with Gasteiger partial charge in [0.1, 0.15) is 4.88 Å². The third-order valence-electron chi connectivity index (χ3n) is 2.98.